The predicted octanol–water partition coefficient (Wildman–Crippen LogP) is 3.67. The normalized spacial score (nSPS) is 15.5. The standard InChI is InChI=1S/C15H19NO2/c1-15(2,3)18-14(17)16-11-7-10-13(16)12-8-5-4-6-9-12/h4-6,8-10H,7,11H2,1-3H3. The molecule has 0 bridgehead atoms. The highest BCUT2D eigenvalue weighted by Gasteiger charge is 2.27. The molecule has 0 aromatic heterocycles. The Balaban J connectivity index is 2.16. The first-order valence-electron chi connectivity index (χ1n) is 6.23. The summed E-state index contributed by atoms with van der Waals surface area (Å²) in [6.45, 7) is 6.34. The number of rotatable bonds is 1. The van der Waals surface area contributed by atoms with Gasteiger partial charge in [-0.1, -0.05) is 36.4 Å². The van der Waals surface area contributed by atoms with E-state index >= 15 is 0 Å². The Morgan fingerprint density at radius 2 is 1.89 bits per heavy atom. The van der Waals surface area contributed by atoms with Crippen LogP contribution in [-0.2, 0) is 4.74 Å². The summed E-state index contributed by atoms with van der Waals surface area (Å²) in [4.78, 5) is 13.8. The number of carbonyl (C=O) groups is 1. The number of ether oxygens (including phenoxy) is 1. The molecule has 0 atom stereocenters. The van der Waals surface area contributed by atoms with Crippen molar-refractivity contribution in [3.63, 3.8) is 0 Å². The van der Waals surface area contributed by atoms with Crippen molar-refractivity contribution >= 4 is 11.8 Å². The van der Waals surface area contributed by atoms with Crippen LogP contribution in [0.25, 0.3) is 5.70 Å². The zero-order valence-corrected chi connectivity index (χ0v) is 11.1. The van der Waals surface area contributed by atoms with Gasteiger partial charge < -0.3 is 4.74 Å². The maximum absolute atomic E-state index is 12.1. The van der Waals surface area contributed by atoms with E-state index in [-0.39, 0.29) is 6.09 Å². The second-order valence-electron chi connectivity index (χ2n) is 5.38. The molecule has 1 heterocycles. The lowest BCUT2D eigenvalue weighted by Crippen LogP contribution is -2.34. The largest absolute Gasteiger partial charge is 0.443 e. The monoisotopic (exact) mass is 245 g/mol. The Kier molecular flexibility index (Phi) is 3.41. The molecule has 0 aliphatic carbocycles. The summed E-state index contributed by atoms with van der Waals surface area (Å²) >= 11 is 0. The van der Waals surface area contributed by atoms with Crippen LogP contribution in [0, 0.1) is 0 Å². The highest BCUT2D eigenvalue weighted by Crippen LogP contribution is 2.27. The van der Waals surface area contributed by atoms with Gasteiger partial charge in [0.05, 0.1) is 5.70 Å². The summed E-state index contributed by atoms with van der Waals surface area (Å²) in [5, 5.41) is 0. The van der Waals surface area contributed by atoms with Gasteiger partial charge in [-0.05, 0) is 32.8 Å². The third kappa shape index (κ3) is 2.92. The van der Waals surface area contributed by atoms with Gasteiger partial charge in [-0.15, -0.1) is 0 Å². The van der Waals surface area contributed by atoms with Crippen LogP contribution in [0.2, 0.25) is 0 Å². The van der Waals surface area contributed by atoms with Crippen LogP contribution in [0.15, 0.2) is 36.4 Å². The van der Waals surface area contributed by atoms with Crippen molar-refractivity contribution < 1.29 is 9.53 Å². The number of hydrogen-bond donors (Lipinski definition) is 0. The molecule has 18 heavy (non-hydrogen) atoms. The highest BCUT2D eigenvalue weighted by atomic mass is 16.6. The summed E-state index contributed by atoms with van der Waals surface area (Å²) in [6, 6.07) is 9.93. The van der Waals surface area contributed by atoms with Crippen LogP contribution in [0.1, 0.15) is 32.8 Å². The maximum atomic E-state index is 12.1. The molecule has 0 saturated carbocycles. The van der Waals surface area contributed by atoms with Crippen molar-refractivity contribution in [2.24, 2.45) is 0 Å². The number of carbonyl (C=O) groups excluding carboxylic acids is 1. The Morgan fingerprint density at radius 3 is 2.50 bits per heavy atom. The smallest absolute Gasteiger partial charge is 0.414 e. The molecule has 3 nitrogen and oxygen atoms in total. The van der Waals surface area contributed by atoms with Gasteiger partial charge >= 0.3 is 6.09 Å². The van der Waals surface area contributed by atoms with Gasteiger partial charge in [-0.3, -0.25) is 4.90 Å². The summed E-state index contributed by atoms with van der Waals surface area (Å²) in [5.74, 6) is 0. The van der Waals surface area contributed by atoms with E-state index < -0.39 is 5.60 Å². The molecule has 0 unspecified atom stereocenters. The van der Waals surface area contributed by atoms with Gasteiger partial charge in [0.15, 0.2) is 0 Å². The SMILES string of the molecule is CC(C)(C)OC(=O)N1CCC=C1c1ccccc1. The molecule has 1 aliphatic heterocycles. The zero-order valence-electron chi connectivity index (χ0n) is 11.1. The van der Waals surface area contributed by atoms with Crippen LogP contribution in [0.4, 0.5) is 4.79 Å². The lowest BCUT2D eigenvalue weighted by Gasteiger charge is -2.26. The number of nitrogens with zero attached hydrogens (tertiary/aromatic N) is 1. The van der Waals surface area contributed by atoms with Crippen molar-refractivity contribution in [1.82, 2.24) is 4.90 Å². The lowest BCUT2D eigenvalue weighted by molar-refractivity contribution is 0.0365. The first-order valence-corrected chi connectivity index (χ1v) is 6.23. The maximum Gasteiger partial charge on any atom is 0.414 e. The summed E-state index contributed by atoms with van der Waals surface area (Å²) in [7, 11) is 0. The minimum absolute atomic E-state index is 0.268. The Morgan fingerprint density at radius 1 is 1.22 bits per heavy atom. The van der Waals surface area contributed by atoms with Gasteiger partial charge in [-0.25, -0.2) is 4.79 Å². The summed E-state index contributed by atoms with van der Waals surface area (Å²) in [5.41, 5.74) is 1.55. The molecular weight excluding hydrogens is 226 g/mol. The minimum Gasteiger partial charge on any atom is -0.443 e. The third-order valence-electron chi connectivity index (χ3n) is 2.66. The van der Waals surface area contributed by atoms with E-state index in [9.17, 15) is 4.79 Å². The van der Waals surface area contributed by atoms with Gasteiger partial charge in [-0.2, -0.15) is 0 Å². The molecule has 0 saturated heterocycles. The van der Waals surface area contributed by atoms with E-state index in [0.717, 1.165) is 17.7 Å². The molecule has 96 valence electrons. The number of amides is 1. The van der Waals surface area contributed by atoms with E-state index in [1.807, 2.05) is 51.1 Å². The van der Waals surface area contributed by atoms with E-state index in [4.69, 9.17) is 4.74 Å². The summed E-state index contributed by atoms with van der Waals surface area (Å²) in [6.07, 6.45) is 2.69. The molecule has 3 heteroatoms. The fourth-order valence-electron chi connectivity index (χ4n) is 1.95. The quantitative estimate of drug-likeness (QED) is 0.755. The number of hydrogen-bond acceptors (Lipinski definition) is 2. The van der Waals surface area contributed by atoms with Crippen molar-refractivity contribution in [3.8, 4) is 0 Å². The Bertz CT molecular complexity index is 457. The first-order chi connectivity index (χ1) is 8.47. The molecular formula is C15H19NO2. The zero-order chi connectivity index (χ0) is 13.2. The van der Waals surface area contributed by atoms with Crippen molar-refractivity contribution in [3.05, 3.63) is 42.0 Å². The van der Waals surface area contributed by atoms with E-state index in [1.165, 1.54) is 0 Å². The molecule has 0 radical (unpaired) electrons. The highest BCUT2D eigenvalue weighted by molar-refractivity contribution is 5.83. The van der Waals surface area contributed by atoms with Gasteiger partial charge in [0.1, 0.15) is 5.60 Å². The molecule has 1 aliphatic rings. The predicted molar refractivity (Wildman–Crippen MR) is 72.0 cm³/mol. The fraction of sp³-hybridized carbons (Fsp3) is 0.400. The average Bonchev–Trinajstić information content (AvgIpc) is 2.76. The molecule has 0 fully saturated rings. The first kappa shape index (κ1) is 12.7. The topological polar surface area (TPSA) is 29.5 Å². The molecule has 0 spiro atoms. The van der Waals surface area contributed by atoms with Crippen LogP contribution >= 0.6 is 0 Å². The Hall–Kier alpha value is -1.77. The average molecular weight is 245 g/mol. The fourth-order valence-corrected chi connectivity index (χ4v) is 1.95. The van der Waals surface area contributed by atoms with E-state index in [1.54, 1.807) is 4.90 Å². The minimum atomic E-state index is -0.457. The van der Waals surface area contributed by atoms with Crippen LogP contribution < -0.4 is 0 Å². The van der Waals surface area contributed by atoms with E-state index in [0.29, 0.717) is 6.54 Å². The number of benzene rings is 1. The third-order valence-corrected chi connectivity index (χ3v) is 2.66. The molecule has 0 N–H and O–H groups in total. The Labute approximate surface area is 108 Å². The second-order valence-corrected chi connectivity index (χ2v) is 5.38. The lowest BCUT2D eigenvalue weighted by atomic mass is 10.1. The molecule has 1 aromatic rings. The van der Waals surface area contributed by atoms with Crippen LogP contribution in [0.5, 0.6) is 0 Å². The molecule has 2 rings (SSSR count). The van der Waals surface area contributed by atoms with Gasteiger partial charge in [0.25, 0.3) is 0 Å². The van der Waals surface area contributed by atoms with Crippen LogP contribution in [0.3, 0.4) is 0 Å². The molecule has 1 amide bonds. The van der Waals surface area contributed by atoms with Crippen LogP contribution in [-0.4, -0.2) is 23.1 Å². The van der Waals surface area contributed by atoms with Gasteiger partial charge in [0.2, 0.25) is 0 Å². The molecule has 1 aromatic carbocycles. The van der Waals surface area contributed by atoms with Gasteiger partial charge in [0, 0.05) is 6.54 Å². The second kappa shape index (κ2) is 4.84. The van der Waals surface area contributed by atoms with Crippen molar-refractivity contribution in [2.75, 3.05) is 6.54 Å². The summed E-state index contributed by atoms with van der Waals surface area (Å²) < 4.78 is 5.42. The van der Waals surface area contributed by atoms with Crippen molar-refractivity contribution in [1.29, 1.82) is 0 Å². The van der Waals surface area contributed by atoms with Crippen molar-refractivity contribution in [2.45, 2.75) is 32.8 Å². The van der Waals surface area contributed by atoms with E-state index in [2.05, 4.69) is 6.08 Å².